The van der Waals surface area contributed by atoms with Crippen molar-refractivity contribution in [3.05, 3.63) is 0 Å². The van der Waals surface area contributed by atoms with Crippen molar-refractivity contribution in [2.75, 3.05) is 19.6 Å². The van der Waals surface area contributed by atoms with Gasteiger partial charge in [-0.3, -0.25) is 4.90 Å². The molecule has 0 aromatic rings. The Morgan fingerprint density at radius 1 is 1.41 bits per heavy atom. The molecule has 0 aliphatic carbocycles. The number of carbonyl (C=O) groups excluding carboxylic acids is 2. The normalized spacial score (nSPS) is 18.8. The second kappa shape index (κ2) is 6.00. The van der Waals surface area contributed by atoms with Crippen LogP contribution in [-0.2, 0) is 9.53 Å². The van der Waals surface area contributed by atoms with Crippen LogP contribution in [0.1, 0.15) is 33.6 Å². The predicted molar refractivity (Wildman–Crippen MR) is 64.9 cm³/mol. The van der Waals surface area contributed by atoms with Gasteiger partial charge in [0.15, 0.2) is 0 Å². The molecule has 0 atom stereocenters. The highest BCUT2D eigenvalue weighted by Gasteiger charge is 2.23. The van der Waals surface area contributed by atoms with Crippen LogP contribution in [0.3, 0.4) is 0 Å². The maximum atomic E-state index is 11.5. The van der Waals surface area contributed by atoms with Gasteiger partial charge in [0.1, 0.15) is 11.9 Å². The van der Waals surface area contributed by atoms with Gasteiger partial charge >= 0.3 is 6.09 Å². The number of hydrogen-bond acceptors (Lipinski definition) is 4. The van der Waals surface area contributed by atoms with Gasteiger partial charge in [0.25, 0.3) is 0 Å². The smallest absolute Gasteiger partial charge is 0.407 e. The van der Waals surface area contributed by atoms with E-state index < -0.39 is 5.60 Å². The summed E-state index contributed by atoms with van der Waals surface area (Å²) in [6.45, 7) is 7.72. The molecule has 0 bridgehead atoms. The summed E-state index contributed by atoms with van der Waals surface area (Å²) >= 11 is 0. The zero-order valence-corrected chi connectivity index (χ0v) is 10.9. The minimum absolute atomic E-state index is 0.160. The molecule has 1 amide bonds. The lowest BCUT2D eigenvalue weighted by Gasteiger charge is -2.31. The molecule has 1 aliphatic rings. The van der Waals surface area contributed by atoms with E-state index in [0.29, 0.717) is 6.54 Å². The van der Waals surface area contributed by atoms with E-state index in [-0.39, 0.29) is 12.1 Å². The van der Waals surface area contributed by atoms with Crippen molar-refractivity contribution in [3.8, 4) is 0 Å². The van der Waals surface area contributed by atoms with Gasteiger partial charge < -0.3 is 14.8 Å². The average Bonchev–Trinajstić information content (AvgIpc) is 2.18. The van der Waals surface area contributed by atoms with E-state index in [9.17, 15) is 9.59 Å². The topological polar surface area (TPSA) is 58.6 Å². The van der Waals surface area contributed by atoms with Gasteiger partial charge in [-0.15, -0.1) is 0 Å². The van der Waals surface area contributed by atoms with Crippen molar-refractivity contribution in [1.82, 2.24) is 10.2 Å². The van der Waals surface area contributed by atoms with Gasteiger partial charge in [-0.2, -0.15) is 0 Å². The first-order valence-electron chi connectivity index (χ1n) is 6.06. The number of ether oxygens (including phenoxy) is 1. The number of aldehydes is 1. The third-order valence-electron chi connectivity index (χ3n) is 2.64. The summed E-state index contributed by atoms with van der Waals surface area (Å²) in [6, 6.07) is 0.160. The molecule has 0 aromatic carbocycles. The standard InChI is InChI=1S/C12H22N2O3/c1-12(2,3)17-11(16)13-10-4-6-14(7-5-10)8-9-15/h9-10H,4-8H2,1-3H3,(H,13,16). The molecule has 1 rings (SSSR count). The number of piperidine rings is 1. The van der Waals surface area contributed by atoms with Crippen molar-refractivity contribution < 1.29 is 14.3 Å². The van der Waals surface area contributed by atoms with Crippen LogP contribution in [0.2, 0.25) is 0 Å². The van der Waals surface area contributed by atoms with Crippen molar-refractivity contribution in [3.63, 3.8) is 0 Å². The van der Waals surface area contributed by atoms with Gasteiger partial charge in [-0.05, 0) is 33.6 Å². The Bertz CT molecular complexity index is 265. The van der Waals surface area contributed by atoms with Crippen LogP contribution in [0, 0.1) is 0 Å². The monoisotopic (exact) mass is 242 g/mol. The molecule has 0 saturated carbocycles. The van der Waals surface area contributed by atoms with Crippen molar-refractivity contribution in [2.24, 2.45) is 0 Å². The minimum atomic E-state index is -0.456. The number of amides is 1. The highest BCUT2D eigenvalue weighted by Crippen LogP contribution is 2.11. The molecule has 1 N–H and O–H groups in total. The average molecular weight is 242 g/mol. The lowest BCUT2D eigenvalue weighted by molar-refractivity contribution is -0.109. The molecule has 0 spiro atoms. The van der Waals surface area contributed by atoms with Crippen LogP contribution >= 0.6 is 0 Å². The molecular formula is C12H22N2O3. The Morgan fingerprint density at radius 3 is 2.47 bits per heavy atom. The van der Waals surface area contributed by atoms with Crippen LogP contribution in [0.4, 0.5) is 4.79 Å². The molecule has 1 aliphatic heterocycles. The molecule has 0 aromatic heterocycles. The quantitative estimate of drug-likeness (QED) is 0.755. The molecule has 5 nitrogen and oxygen atoms in total. The summed E-state index contributed by atoms with van der Waals surface area (Å²) < 4.78 is 5.19. The van der Waals surface area contributed by atoms with E-state index in [1.807, 2.05) is 20.8 Å². The third kappa shape index (κ3) is 5.68. The predicted octanol–water partition coefficient (Wildman–Crippen LogP) is 1.17. The van der Waals surface area contributed by atoms with E-state index in [0.717, 1.165) is 32.2 Å². The third-order valence-corrected chi connectivity index (χ3v) is 2.64. The molecule has 17 heavy (non-hydrogen) atoms. The van der Waals surface area contributed by atoms with Gasteiger partial charge in [0, 0.05) is 19.1 Å². The van der Waals surface area contributed by atoms with E-state index in [1.165, 1.54) is 0 Å². The van der Waals surface area contributed by atoms with Gasteiger partial charge in [0.05, 0.1) is 6.54 Å². The Morgan fingerprint density at radius 2 is 2.00 bits per heavy atom. The van der Waals surface area contributed by atoms with Crippen LogP contribution in [-0.4, -0.2) is 48.6 Å². The SMILES string of the molecule is CC(C)(C)OC(=O)NC1CCN(CC=O)CC1. The maximum Gasteiger partial charge on any atom is 0.407 e. The molecule has 0 unspecified atom stereocenters. The number of carbonyl (C=O) groups is 2. The summed E-state index contributed by atoms with van der Waals surface area (Å²) in [5, 5.41) is 2.86. The Balaban J connectivity index is 2.26. The second-order valence-corrected chi connectivity index (χ2v) is 5.39. The van der Waals surface area contributed by atoms with E-state index >= 15 is 0 Å². The minimum Gasteiger partial charge on any atom is -0.444 e. The summed E-state index contributed by atoms with van der Waals surface area (Å²) in [5.74, 6) is 0. The molecule has 5 heteroatoms. The van der Waals surface area contributed by atoms with Gasteiger partial charge in [0.2, 0.25) is 0 Å². The first-order valence-corrected chi connectivity index (χ1v) is 6.06. The largest absolute Gasteiger partial charge is 0.444 e. The highest BCUT2D eigenvalue weighted by molar-refractivity contribution is 5.68. The maximum absolute atomic E-state index is 11.5. The van der Waals surface area contributed by atoms with Crippen LogP contribution < -0.4 is 5.32 Å². The summed E-state index contributed by atoms with van der Waals surface area (Å²) in [4.78, 5) is 24.0. The molecule has 1 heterocycles. The zero-order chi connectivity index (χ0) is 12.9. The number of rotatable bonds is 3. The van der Waals surface area contributed by atoms with E-state index in [1.54, 1.807) is 0 Å². The summed E-state index contributed by atoms with van der Waals surface area (Å²) in [5.41, 5.74) is -0.456. The molecule has 1 fully saturated rings. The van der Waals surface area contributed by atoms with Crippen LogP contribution in [0.25, 0.3) is 0 Å². The van der Waals surface area contributed by atoms with Gasteiger partial charge in [-0.1, -0.05) is 0 Å². The van der Waals surface area contributed by atoms with E-state index in [2.05, 4.69) is 10.2 Å². The Labute approximate surface area is 102 Å². The number of likely N-dealkylation sites (tertiary alicyclic amines) is 1. The van der Waals surface area contributed by atoms with E-state index in [4.69, 9.17) is 4.74 Å². The number of nitrogens with one attached hydrogen (secondary N) is 1. The fourth-order valence-corrected chi connectivity index (χ4v) is 1.84. The molecule has 0 radical (unpaired) electrons. The summed E-state index contributed by atoms with van der Waals surface area (Å²) in [6.07, 6.45) is 2.30. The Kier molecular flexibility index (Phi) is 4.93. The zero-order valence-electron chi connectivity index (χ0n) is 10.9. The van der Waals surface area contributed by atoms with Crippen molar-refractivity contribution >= 4 is 12.4 Å². The first-order chi connectivity index (χ1) is 7.90. The number of nitrogens with zero attached hydrogens (tertiary/aromatic N) is 1. The molecule has 1 saturated heterocycles. The lowest BCUT2D eigenvalue weighted by Crippen LogP contribution is -2.46. The number of hydrogen-bond donors (Lipinski definition) is 1. The second-order valence-electron chi connectivity index (χ2n) is 5.39. The van der Waals surface area contributed by atoms with Crippen LogP contribution in [0.5, 0.6) is 0 Å². The lowest BCUT2D eigenvalue weighted by atomic mass is 10.1. The number of alkyl carbamates (subject to hydrolysis) is 1. The summed E-state index contributed by atoms with van der Waals surface area (Å²) in [7, 11) is 0. The van der Waals surface area contributed by atoms with Crippen molar-refractivity contribution in [1.29, 1.82) is 0 Å². The van der Waals surface area contributed by atoms with Crippen LogP contribution in [0.15, 0.2) is 0 Å². The highest BCUT2D eigenvalue weighted by atomic mass is 16.6. The first kappa shape index (κ1) is 14.0. The van der Waals surface area contributed by atoms with Gasteiger partial charge in [-0.25, -0.2) is 4.79 Å². The molecular weight excluding hydrogens is 220 g/mol. The molecule has 98 valence electrons. The fraction of sp³-hybridized carbons (Fsp3) is 0.833. The Hall–Kier alpha value is -1.10. The van der Waals surface area contributed by atoms with Crippen molar-refractivity contribution in [2.45, 2.75) is 45.3 Å². The fourth-order valence-electron chi connectivity index (χ4n) is 1.84.